The summed E-state index contributed by atoms with van der Waals surface area (Å²) in [5, 5.41) is 7.89. The number of carbonyl (C=O) groups excluding carboxylic acids is 1. The number of anilines is 1. The zero-order valence-electron chi connectivity index (χ0n) is 23.3. The summed E-state index contributed by atoms with van der Waals surface area (Å²) < 4.78 is 34.5. The Morgan fingerprint density at radius 3 is 2.52 bits per heavy atom. The van der Waals surface area contributed by atoms with Crippen LogP contribution in [0.5, 0.6) is 11.5 Å². The van der Waals surface area contributed by atoms with Crippen molar-refractivity contribution in [2.24, 2.45) is 11.3 Å². The highest BCUT2D eigenvalue weighted by atomic mass is 32.2. The molecule has 0 radical (unpaired) electrons. The second kappa shape index (κ2) is 9.44. The van der Waals surface area contributed by atoms with Gasteiger partial charge in [-0.05, 0) is 99.7 Å². The summed E-state index contributed by atoms with van der Waals surface area (Å²) in [6.07, 6.45) is 8.45. The van der Waals surface area contributed by atoms with E-state index in [1.54, 1.807) is 36.7 Å². The maximum Gasteiger partial charge on any atom is 0.228 e. The van der Waals surface area contributed by atoms with Gasteiger partial charge in [0.05, 0.1) is 40.0 Å². The molecule has 9 heteroatoms. The lowest BCUT2D eigenvalue weighted by atomic mass is 9.45. The van der Waals surface area contributed by atoms with Gasteiger partial charge in [0.1, 0.15) is 11.5 Å². The molecule has 208 valence electrons. The fraction of sp³-hybridized carbons (Fsp3) is 0.387. The number of ether oxygens (including phenoxy) is 1. The first-order chi connectivity index (χ1) is 18.9. The van der Waals surface area contributed by atoms with Gasteiger partial charge in [-0.3, -0.25) is 14.5 Å². The standard InChI is InChI=1S/C31H34N4O4S/c1-20-11-21(12-29(36)34-23-17-33-35(18-23)30(2,3)4)5-8-27(20)39-28-9-10-32-26-7-6-24(13-25(26)28)40(37,38)19-31-14-22(15-31)16-31/h5-11,13,17-18,22H,12,14-16,19H2,1-4H3,(H,34,36). The lowest BCUT2D eigenvalue weighted by Gasteiger charge is -2.61. The highest BCUT2D eigenvalue weighted by Crippen LogP contribution is 2.65. The monoisotopic (exact) mass is 558 g/mol. The molecule has 0 spiro atoms. The molecule has 3 aliphatic carbocycles. The van der Waals surface area contributed by atoms with Gasteiger partial charge in [0.15, 0.2) is 9.84 Å². The summed E-state index contributed by atoms with van der Waals surface area (Å²) in [6, 6.07) is 12.5. The summed E-state index contributed by atoms with van der Waals surface area (Å²) in [6.45, 7) is 8.07. The minimum absolute atomic E-state index is 0.00308. The molecule has 3 aliphatic rings. The van der Waals surface area contributed by atoms with Crippen LogP contribution in [-0.4, -0.2) is 34.8 Å². The Hall–Kier alpha value is -3.72. The Bertz CT molecular complexity index is 1720. The Kier molecular flexibility index (Phi) is 6.25. The van der Waals surface area contributed by atoms with Gasteiger partial charge in [0.25, 0.3) is 0 Å². The van der Waals surface area contributed by atoms with E-state index in [0.717, 1.165) is 36.3 Å². The summed E-state index contributed by atoms with van der Waals surface area (Å²) in [4.78, 5) is 17.4. The topological polar surface area (TPSA) is 103 Å². The summed E-state index contributed by atoms with van der Waals surface area (Å²) >= 11 is 0. The van der Waals surface area contributed by atoms with Crippen molar-refractivity contribution in [2.45, 2.75) is 63.8 Å². The van der Waals surface area contributed by atoms with E-state index >= 15 is 0 Å². The van der Waals surface area contributed by atoms with Crippen molar-refractivity contribution in [3.05, 3.63) is 72.2 Å². The van der Waals surface area contributed by atoms with E-state index in [-0.39, 0.29) is 29.0 Å². The van der Waals surface area contributed by atoms with Gasteiger partial charge in [-0.1, -0.05) is 12.1 Å². The number of hydrogen-bond acceptors (Lipinski definition) is 6. The van der Waals surface area contributed by atoms with Crippen LogP contribution in [0.4, 0.5) is 5.69 Å². The quantitative estimate of drug-likeness (QED) is 0.283. The third kappa shape index (κ3) is 5.10. The van der Waals surface area contributed by atoms with E-state index in [1.165, 1.54) is 0 Å². The van der Waals surface area contributed by atoms with E-state index in [4.69, 9.17) is 4.74 Å². The van der Waals surface area contributed by atoms with Crippen molar-refractivity contribution in [2.75, 3.05) is 11.1 Å². The van der Waals surface area contributed by atoms with Crippen molar-refractivity contribution in [1.29, 1.82) is 0 Å². The normalized spacial score (nSPS) is 20.1. The molecule has 0 atom stereocenters. The van der Waals surface area contributed by atoms with Crippen molar-refractivity contribution < 1.29 is 17.9 Å². The third-order valence-electron chi connectivity index (χ3n) is 8.07. The molecular formula is C31H34N4O4S. The largest absolute Gasteiger partial charge is 0.456 e. The summed E-state index contributed by atoms with van der Waals surface area (Å²) in [5.74, 6) is 1.99. The van der Waals surface area contributed by atoms with Crippen LogP contribution < -0.4 is 10.1 Å². The first-order valence-electron chi connectivity index (χ1n) is 13.6. The fourth-order valence-electron chi connectivity index (χ4n) is 5.90. The second-order valence-corrected chi connectivity index (χ2v) is 14.5. The molecule has 2 heterocycles. The molecule has 1 amide bonds. The van der Waals surface area contributed by atoms with E-state index in [2.05, 4.69) is 15.4 Å². The van der Waals surface area contributed by atoms with E-state index in [0.29, 0.717) is 33.0 Å². The number of carbonyl (C=O) groups is 1. The predicted molar refractivity (Wildman–Crippen MR) is 154 cm³/mol. The number of amides is 1. The zero-order valence-corrected chi connectivity index (χ0v) is 24.1. The van der Waals surface area contributed by atoms with Crippen molar-refractivity contribution in [3.8, 4) is 11.5 Å². The number of hydrogen-bond donors (Lipinski definition) is 1. The van der Waals surface area contributed by atoms with E-state index in [9.17, 15) is 13.2 Å². The maximum absolute atomic E-state index is 13.2. The average Bonchev–Trinajstić information content (AvgIpc) is 3.31. The number of pyridine rings is 1. The molecule has 0 saturated heterocycles. The molecule has 0 unspecified atom stereocenters. The molecular weight excluding hydrogens is 524 g/mol. The zero-order chi connectivity index (χ0) is 28.3. The van der Waals surface area contributed by atoms with Crippen LogP contribution in [0.15, 0.2) is 66.0 Å². The van der Waals surface area contributed by atoms with Crippen molar-refractivity contribution in [3.63, 3.8) is 0 Å². The Labute approximate surface area is 234 Å². The summed E-state index contributed by atoms with van der Waals surface area (Å²) in [5.41, 5.74) is 2.88. The minimum atomic E-state index is -3.40. The first kappa shape index (κ1) is 26.5. The number of aryl methyl sites for hydroxylation is 1. The Morgan fingerprint density at radius 1 is 1.10 bits per heavy atom. The number of rotatable bonds is 8. The smallest absolute Gasteiger partial charge is 0.228 e. The molecule has 1 N–H and O–H groups in total. The van der Waals surface area contributed by atoms with Gasteiger partial charge < -0.3 is 10.1 Å². The molecule has 3 fully saturated rings. The van der Waals surface area contributed by atoms with Crippen molar-refractivity contribution in [1.82, 2.24) is 14.8 Å². The van der Waals surface area contributed by atoms with Gasteiger partial charge in [-0.2, -0.15) is 5.10 Å². The SMILES string of the molecule is Cc1cc(CC(=O)Nc2cnn(C(C)(C)C)c2)ccc1Oc1ccnc2ccc(S(=O)(=O)CC34CC(C3)C4)cc12. The van der Waals surface area contributed by atoms with Gasteiger partial charge in [0.2, 0.25) is 5.91 Å². The molecule has 3 saturated carbocycles. The van der Waals surface area contributed by atoms with Gasteiger partial charge in [0, 0.05) is 17.8 Å². The Morgan fingerprint density at radius 2 is 1.88 bits per heavy atom. The minimum Gasteiger partial charge on any atom is -0.456 e. The van der Waals surface area contributed by atoms with E-state index in [1.807, 2.05) is 56.8 Å². The molecule has 0 aliphatic heterocycles. The second-order valence-electron chi connectivity index (χ2n) is 12.5. The molecule has 2 aromatic heterocycles. The van der Waals surface area contributed by atoms with Gasteiger partial charge >= 0.3 is 0 Å². The van der Waals surface area contributed by atoms with E-state index < -0.39 is 9.84 Å². The lowest BCUT2D eigenvalue weighted by Crippen LogP contribution is -2.55. The molecule has 7 rings (SSSR count). The number of fused-ring (bicyclic) bond motifs is 1. The third-order valence-corrected chi connectivity index (χ3v) is 10.0. The number of sulfone groups is 1. The fourth-order valence-corrected chi connectivity index (χ4v) is 7.80. The molecule has 2 aromatic carbocycles. The summed E-state index contributed by atoms with van der Waals surface area (Å²) in [7, 11) is -3.40. The van der Waals surface area contributed by atoms with Crippen LogP contribution >= 0.6 is 0 Å². The van der Waals surface area contributed by atoms with Crippen LogP contribution in [-0.2, 0) is 26.6 Å². The number of benzene rings is 2. The number of nitrogens with zero attached hydrogens (tertiary/aromatic N) is 3. The molecule has 8 nitrogen and oxygen atoms in total. The first-order valence-corrected chi connectivity index (χ1v) is 15.3. The molecule has 2 bridgehead atoms. The van der Waals surface area contributed by atoms with Crippen LogP contribution in [0.1, 0.15) is 51.2 Å². The predicted octanol–water partition coefficient (Wildman–Crippen LogP) is 6.04. The lowest BCUT2D eigenvalue weighted by molar-refractivity contribution is -0.115. The van der Waals surface area contributed by atoms with Crippen LogP contribution in [0.3, 0.4) is 0 Å². The van der Waals surface area contributed by atoms with Crippen LogP contribution in [0.25, 0.3) is 10.9 Å². The molecule has 40 heavy (non-hydrogen) atoms. The van der Waals surface area contributed by atoms with Crippen LogP contribution in [0.2, 0.25) is 0 Å². The number of nitrogens with one attached hydrogen (secondary N) is 1. The van der Waals surface area contributed by atoms with Gasteiger partial charge in [-0.15, -0.1) is 0 Å². The van der Waals surface area contributed by atoms with Crippen molar-refractivity contribution >= 4 is 32.3 Å². The highest BCUT2D eigenvalue weighted by Gasteiger charge is 2.58. The molecule has 4 aromatic rings. The highest BCUT2D eigenvalue weighted by molar-refractivity contribution is 7.91. The maximum atomic E-state index is 13.2. The Balaban J connectivity index is 1.17. The van der Waals surface area contributed by atoms with Crippen LogP contribution in [0, 0.1) is 18.3 Å². The average molecular weight is 559 g/mol. The van der Waals surface area contributed by atoms with Gasteiger partial charge in [-0.25, -0.2) is 8.42 Å². The number of aromatic nitrogens is 3.